The van der Waals surface area contributed by atoms with Crippen LogP contribution in [0.5, 0.6) is 0 Å². The summed E-state index contributed by atoms with van der Waals surface area (Å²) in [6.07, 6.45) is 7.06. The van der Waals surface area contributed by atoms with Gasteiger partial charge in [-0.1, -0.05) is 6.07 Å². The van der Waals surface area contributed by atoms with Crippen LogP contribution in [0.4, 0.5) is 15.4 Å². The fourth-order valence-corrected chi connectivity index (χ4v) is 3.94. The van der Waals surface area contributed by atoms with Gasteiger partial charge in [-0.2, -0.15) is 0 Å². The van der Waals surface area contributed by atoms with Gasteiger partial charge < -0.3 is 14.4 Å². The van der Waals surface area contributed by atoms with Gasteiger partial charge in [-0.05, 0) is 91.7 Å². The highest BCUT2D eigenvalue weighted by atomic mass is 16.6. The third-order valence-electron chi connectivity index (χ3n) is 5.56. The highest BCUT2D eigenvalue weighted by Crippen LogP contribution is 2.34. The summed E-state index contributed by atoms with van der Waals surface area (Å²) in [6.45, 7) is 11.9. The van der Waals surface area contributed by atoms with Crippen LogP contribution in [0.15, 0.2) is 18.3 Å². The van der Waals surface area contributed by atoms with Crippen LogP contribution in [-0.4, -0.2) is 45.9 Å². The number of hydrogen-bond donors (Lipinski definition) is 0. The minimum atomic E-state index is -0.560. The quantitative estimate of drug-likeness (QED) is 0.601. The molecule has 2 aliphatic rings. The van der Waals surface area contributed by atoms with Crippen molar-refractivity contribution in [3.8, 4) is 0 Å². The molecule has 0 N–H and O–H groups in total. The molecule has 3 rings (SSSR count). The van der Waals surface area contributed by atoms with E-state index in [9.17, 15) is 9.59 Å². The predicted octanol–water partition coefficient (Wildman–Crippen LogP) is 5.84. The van der Waals surface area contributed by atoms with E-state index in [0.717, 1.165) is 44.1 Å². The Bertz CT molecular complexity index is 775. The van der Waals surface area contributed by atoms with Crippen LogP contribution in [0, 0.1) is 0 Å². The maximum absolute atomic E-state index is 12.8. The van der Waals surface area contributed by atoms with Gasteiger partial charge in [-0.3, -0.25) is 4.90 Å². The van der Waals surface area contributed by atoms with E-state index >= 15 is 0 Å². The van der Waals surface area contributed by atoms with E-state index in [1.54, 1.807) is 11.1 Å². The molecule has 0 radical (unpaired) electrons. The Morgan fingerprint density at radius 1 is 0.968 bits per heavy atom. The van der Waals surface area contributed by atoms with E-state index in [4.69, 9.17) is 9.47 Å². The molecule has 2 fully saturated rings. The van der Waals surface area contributed by atoms with Gasteiger partial charge in [0.05, 0.1) is 6.04 Å². The second-order valence-electron chi connectivity index (χ2n) is 10.6. The summed E-state index contributed by atoms with van der Waals surface area (Å²) >= 11 is 0. The standard InChI is InChI=1S/C24H37N3O4/c1-23(2,3)30-21(28)26-15-8-7-12-19(26)17-13-14-20(25-16-17)27(18-10-9-11-18)22(29)31-24(4,5)6/h13-14,16,18-19H,7-12,15H2,1-6H3. The van der Waals surface area contributed by atoms with Crippen molar-refractivity contribution >= 4 is 18.0 Å². The fraction of sp³-hybridized carbons (Fsp3) is 0.708. The summed E-state index contributed by atoms with van der Waals surface area (Å²) in [5, 5.41) is 0. The maximum atomic E-state index is 12.8. The van der Waals surface area contributed by atoms with Crippen molar-refractivity contribution in [1.82, 2.24) is 9.88 Å². The zero-order valence-electron chi connectivity index (χ0n) is 19.8. The Morgan fingerprint density at radius 2 is 1.65 bits per heavy atom. The van der Waals surface area contributed by atoms with Gasteiger partial charge in [0.1, 0.15) is 17.0 Å². The molecule has 1 aromatic rings. The lowest BCUT2D eigenvalue weighted by Crippen LogP contribution is -2.47. The van der Waals surface area contributed by atoms with Crippen LogP contribution in [0.3, 0.4) is 0 Å². The predicted molar refractivity (Wildman–Crippen MR) is 120 cm³/mol. The van der Waals surface area contributed by atoms with Crippen molar-refractivity contribution in [2.45, 2.75) is 103 Å². The molecule has 1 aliphatic heterocycles. The van der Waals surface area contributed by atoms with Crippen molar-refractivity contribution in [2.24, 2.45) is 0 Å². The SMILES string of the molecule is CC(C)(C)OC(=O)N1CCCCC1c1ccc(N(C(=O)OC(C)(C)C)C2CCC2)nc1. The molecule has 31 heavy (non-hydrogen) atoms. The van der Waals surface area contributed by atoms with Crippen LogP contribution in [0.25, 0.3) is 0 Å². The number of carbonyl (C=O) groups is 2. The lowest BCUT2D eigenvalue weighted by molar-refractivity contribution is 0.00947. The molecule has 172 valence electrons. The zero-order chi connectivity index (χ0) is 22.8. The Hall–Kier alpha value is -2.31. The third kappa shape index (κ3) is 6.11. The summed E-state index contributed by atoms with van der Waals surface area (Å²) in [4.78, 5) is 33.7. The molecule has 1 atom stereocenters. The van der Waals surface area contributed by atoms with Crippen molar-refractivity contribution in [2.75, 3.05) is 11.4 Å². The van der Waals surface area contributed by atoms with Gasteiger partial charge in [-0.25, -0.2) is 14.6 Å². The number of ether oxygens (including phenoxy) is 2. The Morgan fingerprint density at radius 3 is 2.16 bits per heavy atom. The van der Waals surface area contributed by atoms with Gasteiger partial charge >= 0.3 is 12.2 Å². The monoisotopic (exact) mass is 431 g/mol. The van der Waals surface area contributed by atoms with Crippen molar-refractivity contribution < 1.29 is 19.1 Å². The highest BCUT2D eigenvalue weighted by molar-refractivity contribution is 5.87. The molecule has 7 nitrogen and oxygen atoms in total. The first kappa shape index (κ1) is 23.4. The van der Waals surface area contributed by atoms with Gasteiger partial charge in [0, 0.05) is 18.8 Å². The normalized spacial score (nSPS) is 20.1. The summed E-state index contributed by atoms with van der Waals surface area (Å²) in [7, 11) is 0. The average Bonchev–Trinajstić information content (AvgIpc) is 2.62. The Labute approximate surface area is 186 Å². The van der Waals surface area contributed by atoms with Crippen LogP contribution in [0.2, 0.25) is 0 Å². The maximum Gasteiger partial charge on any atom is 0.416 e. The lowest BCUT2D eigenvalue weighted by Gasteiger charge is -2.38. The van der Waals surface area contributed by atoms with Crippen LogP contribution in [0.1, 0.15) is 91.7 Å². The largest absolute Gasteiger partial charge is 0.444 e. The number of nitrogens with zero attached hydrogens (tertiary/aromatic N) is 3. The summed E-state index contributed by atoms with van der Waals surface area (Å²) in [5.41, 5.74) is -0.125. The van der Waals surface area contributed by atoms with E-state index in [2.05, 4.69) is 4.98 Å². The molecule has 0 aromatic carbocycles. The van der Waals surface area contributed by atoms with E-state index < -0.39 is 11.2 Å². The van der Waals surface area contributed by atoms with Crippen LogP contribution < -0.4 is 4.90 Å². The molecule has 1 aliphatic carbocycles. The first-order valence-corrected chi connectivity index (χ1v) is 11.4. The molecule has 2 amide bonds. The van der Waals surface area contributed by atoms with Gasteiger partial charge in [0.25, 0.3) is 0 Å². The molecule has 2 heterocycles. The molecule has 1 saturated heterocycles. The summed E-state index contributed by atoms with van der Waals surface area (Å²) in [5.74, 6) is 0.599. The van der Waals surface area contributed by atoms with Gasteiger partial charge in [0.15, 0.2) is 0 Å². The summed E-state index contributed by atoms with van der Waals surface area (Å²) < 4.78 is 11.2. The molecular weight excluding hydrogens is 394 g/mol. The topological polar surface area (TPSA) is 72.0 Å². The first-order chi connectivity index (χ1) is 14.4. The second-order valence-corrected chi connectivity index (χ2v) is 10.6. The number of rotatable bonds is 3. The molecule has 1 saturated carbocycles. The minimum Gasteiger partial charge on any atom is -0.444 e. The number of likely N-dealkylation sites (tertiary alicyclic amines) is 1. The molecule has 0 spiro atoms. The highest BCUT2D eigenvalue weighted by Gasteiger charge is 2.35. The number of amides is 2. The van der Waals surface area contributed by atoms with E-state index in [1.165, 1.54) is 0 Å². The van der Waals surface area contributed by atoms with Crippen molar-refractivity contribution in [1.29, 1.82) is 0 Å². The molecule has 7 heteroatoms. The van der Waals surface area contributed by atoms with E-state index in [-0.39, 0.29) is 24.3 Å². The molecule has 1 aromatic heterocycles. The summed E-state index contributed by atoms with van der Waals surface area (Å²) in [6, 6.07) is 3.91. The fourth-order valence-electron chi connectivity index (χ4n) is 3.94. The number of carbonyl (C=O) groups excluding carboxylic acids is 2. The minimum absolute atomic E-state index is 0.0659. The molecular formula is C24H37N3O4. The van der Waals surface area contributed by atoms with Crippen LogP contribution >= 0.6 is 0 Å². The smallest absolute Gasteiger partial charge is 0.416 e. The molecule has 1 unspecified atom stereocenters. The van der Waals surface area contributed by atoms with Crippen molar-refractivity contribution in [3.63, 3.8) is 0 Å². The second kappa shape index (κ2) is 9.05. The van der Waals surface area contributed by atoms with Crippen LogP contribution in [-0.2, 0) is 9.47 Å². The number of pyridine rings is 1. The average molecular weight is 432 g/mol. The Balaban J connectivity index is 1.79. The number of aromatic nitrogens is 1. The number of anilines is 1. The van der Waals surface area contributed by atoms with Crippen molar-refractivity contribution in [3.05, 3.63) is 23.9 Å². The van der Waals surface area contributed by atoms with E-state index in [0.29, 0.717) is 12.4 Å². The lowest BCUT2D eigenvalue weighted by atomic mass is 9.91. The third-order valence-corrected chi connectivity index (χ3v) is 5.56. The number of piperidine rings is 1. The molecule has 0 bridgehead atoms. The van der Waals surface area contributed by atoms with E-state index in [1.807, 2.05) is 58.6 Å². The Kier molecular flexibility index (Phi) is 6.82. The van der Waals surface area contributed by atoms with Gasteiger partial charge in [-0.15, -0.1) is 0 Å². The number of hydrogen-bond acceptors (Lipinski definition) is 5. The van der Waals surface area contributed by atoms with Gasteiger partial charge in [0.2, 0.25) is 0 Å². The first-order valence-electron chi connectivity index (χ1n) is 11.4. The zero-order valence-corrected chi connectivity index (χ0v) is 19.8.